The minimum atomic E-state index is 0.311. The Labute approximate surface area is 375 Å². The average molecular weight is 862 g/mol. The zero-order chi connectivity index (χ0) is 43.3. The minimum Gasteiger partial charge on any atom is -0.370 e. The van der Waals surface area contributed by atoms with Crippen molar-refractivity contribution in [2.24, 2.45) is 0 Å². The predicted octanol–water partition coefficient (Wildman–Crippen LogP) is 12.7. The molecule has 62 heavy (non-hydrogen) atoms. The third-order valence-electron chi connectivity index (χ3n) is 11.0. The van der Waals surface area contributed by atoms with Crippen LogP contribution in [-0.2, 0) is 61.8 Å². The molecule has 8 nitrogen and oxygen atoms in total. The molecular weight excluding hydrogens is 812 g/mol. The lowest BCUT2D eigenvalue weighted by molar-refractivity contribution is 0.0984. The number of hydrogen-bond acceptors (Lipinski definition) is 6. The normalized spacial score (nSPS) is 11.1. The lowest BCUT2D eigenvalue weighted by atomic mass is 9.99. The smallest absolute Gasteiger partial charge is 0.153 e. The van der Waals surface area contributed by atoms with Crippen molar-refractivity contribution in [3.05, 3.63) is 188 Å². The van der Waals surface area contributed by atoms with E-state index in [-0.39, 0.29) is 0 Å². The van der Waals surface area contributed by atoms with Crippen LogP contribution < -0.4 is 0 Å². The minimum absolute atomic E-state index is 0.311. The number of nitrogens with zero attached hydrogens (tertiary/aromatic N) is 6. The van der Waals surface area contributed by atoms with Crippen LogP contribution in [0.5, 0.6) is 0 Å². The van der Waals surface area contributed by atoms with E-state index >= 15 is 0 Å². The van der Waals surface area contributed by atoms with Gasteiger partial charge in [-0.05, 0) is 69.5 Å². The molecule has 0 saturated heterocycles. The Morgan fingerprint density at radius 1 is 0.516 bits per heavy atom. The molecule has 0 atom stereocenters. The van der Waals surface area contributed by atoms with Crippen molar-refractivity contribution in [2.45, 2.75) is 91.9 Å². The lowest BCUT2D eigenvalue weighted by Gasteiger charge is -2.14. The van der Waals surface area contributed by atoms with Gasteiger partial charge in [-0.15, -0.1) is 0 Å². The van der Waals surface area contributed by atoms with E-state index in [1.165, 1.54) is 0 Å². The molecule has 2 heterocycles. The van der Waals surface area contributed by atoms with E-state index in [0.717, 1.165) is 106 Å². The fourth-order valence-electron chi connectivity index (χ4n) is 7.66. The van der Waals surface area contributed by atoms with Crippen LogP contribution in [0.2, 0.25) is 10.3 Å². The van der Waals surface area contributed by atoms with Gasteiger partial charge < -0.3 is 18.6 Å². The molecule has 0 fully saturated rings. The maximum absolute atomic E-state index is 9.61. The molecule has 0 aliphatic heterocycles. The van der Waals surface area contributed by atoms with Gasteiger partial charge in [0, 0.05) is 25.9 Å². The second-order valence-corrected chi connectivity index (χ2v) is 16.1. The zero-order valence-corrected chi connectivity index (χ0v) is 36.8. The second-order valence-electron chi connectivity index (χ2n) is 15.4. The topological polar surface area (TPSA) is 102 Å². The van der Waals surface area contributed by atoms with Gasteiger partial charge in [-0.25, -0.2) is 9.97 Å². The van der Waals surface area contributed by atoms with Gasteiger partial charge in [-0.3, -0.25) is 0 Å². The maximum atomic E-state index is 9.61. The number of hydrogen-bond donors (Lipinski definition) is 0. The molecule has 2 aromatic heterocycles. The van der Waals surface area contributed by atoms with Gasteiger partial charge in [0.2, 0.25) is 0 Å². The first kappa shape index (κ1) is 44.1. The number of halogens is 2. The highest BCUT2D eigenvalue weighted by Crippen LogP contribution is 2.28. The van der Waals surface area contributed by atoms with E-state index in [1.807, 2.05) is 54.6 Å². The summed E-state index contributed by atoms with van der Waals surface area (Å²) >= 11 is 13.6. The lowest BCUT2D eigenvalue weighted by Crippen LogP contribution is -2.11. The molecular formula is C52H50Cl2N6O2. The molecule has 314 valence electrons. The summed E-state index contributed by atoms with van der Waals surface area (Å²) in [5.74, 6) is 1.90. The Morgan fingerprint density at radius 2 is 0.935 bits per heavy atom. The van der Waals surface area contributed by atoms with Gasteiger partial charge in [-0.1, -0.05) is 159 Å². The SMILES string of the molecule is CCCCc1nc(Cl)c(COCc2cccc(COCc3c(Cl)nc(CCCC)n3Cc3ccc(-c4ccccc4C#N)cc3)c2)n1Cc1ccc(-c2ccccc2C#N)cc1. The Hall–Kier alpha value is -6.00. The molecule has 0 amide bonds. The van der Waals surface area contributed by atoms with Crippen molar-refractivity contribution in [3.8, 4) is 34.4 Å². The molecule has 0 unspecified atom stereocenters. The maximum Gasteiger partial charge on any atom is 0.153 e. The largest absolute Gasteiger partial charge is 0.370 e. The monoisotopic (exact) mass is 860 g/mol. The Kier molecular flexibility index (Phi) is 15.4. The molecule has 5 aromatic carbocycles. The number of imidazole rings is 2. The van der Waals surface area contributed by atoms with Crippen molar-refractivity contribution >= 4 is 23.2 Å². The van der Waals surface area contributed by atoms with Crippen molar-refractivity contribution in [2.75, 3.05) is 0 Å². The molecule has 0 aliphatic rings. The first-order valence-electron chi connectivity index (χ1n) is 21.3. The first-order chi connectivity index (χ1) is 30.4. The van der Waals surface area contributed by atoms with E-state index in [0.29, 0.717) is 61.0 Å². The van der Waals surface area contributed by atoms with Gasteiger partial charge in [0.1, 0.15) is 11.6 Å². The standard InChI is InChI=1S/C52H50Cl2N6O2/c1-3-5-18-49-57-51(53)47(59(49)31-37-20-24-41(25-21-37)45-16-9-7-14-43(45)29-55)35-61-33-39-12-11-13-40(28-39)34-62-36-48-52(54)58-50(19-6-4-2)60(48)32-38-22-26-42(27-23-38)46-17-10-8-15-44(46)30-56/h7-17,20-28H,3-6,18-19,31-36H2,1-2H3. The summed E-state index contributed by atoms with van der Waals surface area (Å²) in [6, 6.07) is 44.8. The number of rotatable bonds is 20. The zero-order valence-electron chi connectivity index (χ0n) is 35.3. The van der Waals surface area contributed by atoms with Gasteiger partial charge in [0.15, 0.2) is 10.3 Å². The van der Waals surface area contributed by atoms with Crippen LogP contribution in [0.1, 0.15) is 95.9 Å². The number of aromatic nitrogens is 4. The molecule has 10 heteroatoms. The summed E-state index contributed by atoms with van der Waals surface area (Å²) in [6.07, 6.45) is 5.77. The number of aryl methyl sites for hydroxylation is 2. The van der Waals surface area contributed by atoms with Crippen molar-refractivity contribution < 1.29 is 9.47 Å². The molecule has 0 N–H and O–H groups in total. The predicted molar refractivity (Wildman–Crippen MR) is 247 cm³/mol. The average Bonchev–Trinajstić information content (AvgIpc) is 3.77. The summed E-state index contributed by atoms with van der Waals surface area (Å²) in [4.78, 5) is 9.55. The number of nitriles is 2. The summed E-state index contributed by atoms with van der Waals surface area (Å²) in [5, 5.41) is 20.1. The van der Waals surface area contributed by atoms with Gasteiger partial charge in [0.25, 0.3) is 0 Å². The molecule has 7 aromatic rings. The number of benzene rings is 5. The van der Waals surface area contributed by atoms with Crippen molar-refractivity contribution in [1.29, 1.82) is 10.5 Å². The van der Waals surface area contributed by atoms with E-state index in [1.54, 1.807) is 0 Å². The van der Waals surface area contributed by atoms with Gasteiger partial charge >= 0.3 is 0 Å². The highest BCUT2D eigenvalue weighted by molar-refractivity contribution is 6.30. The Balaban J connectivity index is 0.990. The van der Waals surface area contributed by atoms with Crippen LogP contribution in [0.15, 0.2) is 121 Å². The summed E-state index contributed by atoms with van der Waals surface area (Å²) in [7, 11) is 0. The van der Waals surface area contributed by atoms with Crippen molar-refractivity contribution in [1.82, 2.24) is 19.1 Å². The first-order valence-corrected chi connectivity index (χ1v) is 22.0. The summed E-state index contributed by atoms with van der Waals surface area (Å²) in [5.41, 5.74) is 11.1. The number of unbranched alkanes of at least 4 members (excludes halogenated alkanes) is 2. The van der Waals surface area contributed by atoms with Crippen LogP contribution >= 0.6 is 23.2 Å². The molecule has 0 saturated carbocycles. The Morgan fingerprint density at radius 3 is 1.34 bits per heavy atom. The highest BCUT2D eigenvalue weighted by Gasteiger charge is 2.19. The molecule has 7 rings (SSSR count). The molecule has 0 aliphatic carbocycles. The van der Waals surface area contributed by atoms with Crippen LogP contribution in [0, 0.1) is 22.7 Å². The molecule has 0 radical (unpaired) electrons. The quantitative estimate of drug-likeness (QED) is 0.0756. The van der Waals surface area contributed by atoms with E-state index in [4.69, 9.17) is 42.6 Å². The van der Waals surface area contributed by atoms with E-state index in [2.05, 4.69) is 102 Å². The number of ether oxygens (including phenoxy) is 2. The third kappa shape index (κ3) is 10.9. The Bertz CT molecular complexity index is 2490. The highest BCUT2D eigenvalue weighted by atomic mass is 35.5. The van der Waals surface area contributed by atoms with E-state index < -0.39 is 0 Å². The molecule has 0 spiro atoms. The summed E-state index contributed by atoms with van der Waals surface area (Å²) in [6.45, 7) is 6.98. The van der Waals surface area contributed by atoms with E-state index in [9.17, 15) is 10.5 Å². The van der Waals surface area contributed by atoms with Crippen LogP contribution in [0.4, 0.5) is 0 Å². The van der Waals surface area contributed by atoms with Crippen molar-refractivity contribution in [3.63, 3.8) is 0 Å². The van der Waals surface area contributed by atoms with Crippen LogP contribution in [0.3, 0.4) is 0 Å². The summed E-state index contributed by atoms with van der Waals surface area (Å²) < 4.78 is 17.0. The fraction of sp³-hybridized carbons (Fsp3) is 0.269. The van der Waals surface area contributed by atoms with Crippen LogP contribution in [-0.4, -0.2) is 19.1 Å². The molecule has 0 bridgehead atoms. The van der Waals surface area contributed by atoms with Gasteiger partial charge in [0.05, 0.1) is 61.1 Å². The van der Waals surface area contributed by atoms with Gasteiger partial charge in [-0.2, -0.15) is 10.5 Å². The van der Waals surface area contributed by atoms with Crippen LogP contribution in [0.25, 0.3) is 22.3 Å². The second kappa shape index (κ2) is 21.7. The third-order valence-corrected chi connectivity index (χ3v) is 11.6. The fourth-order valence-corrected chi connectivity index (χ4v) is 8.17.